The smallest absolute Gasteiger partial charge is 0.303 e. The SMILES string of the molecule is CCCn1c(=O)c2c(nc(-n3nc(C)c(C)c3C)n2CC)n(C)c1=O. The van der Waals surface area contributed by atoms with Gasteiger partial charge in [-0.2, -0.15) is 10.1 Å². The molecule has 0 aromatic carbocycles. The second-order valence-corrected chi connectivity index (χ2v) is 6.33. The van der Waals surface area contributed by atoms with Crippen LogP contribution in [0, 0.1) is 20.8 Å². The number of hydrogen-bond acceptors (Lipinski definition) is 4. The molecule has 3 heterocycles. The molecule has 0 fully saturated rings. The van der Waals surface area contributed by atoms with E-state index in [2.05, 4.69) is 10.1 Å². The fourth-order valence-electron chi connectivity index (χ4n) is 3.16. The molecule has 0 saturated heterocycles. The van der Waals surface area contributed by atoms with Gasteiger partial charge < -0.3 is 4.57 Å². The standard InChI is InChI=1S/C17H24N6O2/c1-7-9-22-15(24)13-14(20(6)17(22)25)18-16(21(13)8-2)23-12(5)10(3)11(4)19-23/h7-9H2,1-6H3. The Balaban J connectivity index is 2.46. The van der Waals surface area contributed by atoms with Crippen molar-refractivity contribution in [3.8, 4) is 5.95 Å². The molecule has 0 unspecified atom stereocenters. The highest BCUT2D eigenvalue weighted by atomic mass is 16.2. The zero-order chi connectivity index (χ0) is 18.5. The Morgan fingerprint density at radius 1 is 1.04 bits per heavy atom. The minimum absolute atomic E-state index is 0.293. The van der Waals surface area contributed by atoms with Crippen LogP contribution in [0.3, 0.4) is 0 Å². The van der Waals surface area contributed by atoms with E-state index < -0.39 is 0 Å². The quantitative estimate of drug-likeness (QED) is 0.717. The first-order chi connectivity index (χ1) is 11.8. The van der Waals surface area contributed by atoms with Crippen molar-refractivity contribution in [1.82, 2.24) is 28.5 Å². The Hall–Kier alpha value is -2.64. The van der Waals surface area contributed by atoms with Crippen LogP contribution in [-0.2, 0) is 20.1 Å². The van der Waals surface area contributed by atoms with Crippen molar-refractivity contribution in [2.45, 2.75) is 54.1 Å². The molecule has 8 nitrogen and oxygen atoms in total. The first-order valence-corrected chi connectivity index (χ1v) is 8.56. The summed E-state index contributed by atoms with van der Waals surface area (Å²) in [6, 6.07) is 0. The summed E-state index contributed by atoms with van der Waals surface area (Å²) in [6.07, 6.45) is 0.713. The van der Waals surface area contributed by atoms with Gasteiger partial charge in [0.05, 0.1) is 5.69 Å². The normalized spacial score (nSPS) is 11.6. The van der Waals surface area contributed by atoms with Gasteiger partial charge in [-0.05, 0) is 39.7 Å². The van der Waals surface area contributed by atoms with E-state index in [-0.39, 0.29) is 11.2 Å². The molecule has 0 saturated carbocycles. The topological polar surface area (TPSA) is 79.6 Å². The van der Waals surface area contributed by atoms with Gasteiger partial charge in [0.15, 0.2) is 11.2 Å². The van der Waals surface area contributed by atoms with Crippen LogP contribution in [0.15, 0.2) is 9.59 Å². The van der Waals surface area contributed by atoms with Crippen molar-refractivity contribution in [2.75, 3.05) is 0 Å². The van der Waals surface area contributed by atoms with E-state index in [1.54, 1.807) is 11.7 Å². The summed E-state index contributed by atoms with van der Waals surface area (Å²) >= 11 is 0. The van der Waals surface area contributed by atoms with Gasteiger partial charge in [-0.1, -0.05) is 6.92 Å². The van der Waals surface area contributed by atoms with Crippen molar-refractivity contribution < 1.29 is 0 Å². The lowest BCUT2D eigenvalue weighted by Crippen LogP contribution is -2.39. The summed E-state index contributed by atoms with van der Waals surface area (Å²) in [4.78, 5) is 30.1. The number of rotatable bonds is 4. The molecule has 3 aromatic rings. The van der Waals surface area contributed by atoms with Crippen LogP contribution in [0.5, 0.6) is 0 Å². The monoisotopic (exact) mass is 344 g/mol. The Morgan fingerprint density at radius 3 is 2.24 bits per heavy atom. The third kappa shape index (κ3) is 2.35. The number of hydrogen-bond donors (Lipinski definition) is 0. The molecule has 134 valence electrons. The minimum atomic E-state index is -0.337. The molecule has 0 N–H and O–H groups in total. The fraction of sp³-hybridized carbons (Fsp3) is 0.529. The van der Waals surface area contributed by atoms with Crippen molar-refractivity contribution >= 4 is 11.2 Å². The van der Waals surface area contributed by atoms with Gasteiger partial charge in [0.2, 0.25) is 5.95 Å². The van der Waals surface area contributed by atoms with Gasteiger partial charge in [-0.3, -0.25) is 13.9 Å². The lowest BCUT2D eigenvalue weighted by atomic mass is 10.2. The van der Waals surface area contributed by atoms with Crippen LogP contribution >= 0.6 is 0 Å². The zero-order valence-corrected chi connectivity index (χ0v) is 15.6. The Bertz CT molecular complexity index is 1080. The van der Waals surface area contributed by atoms with Gasteiger partial charge in [0.1, 0.15) is 0 Å². The van der Waals surface area contributed by atoms with Crippen molar-refractivity contribution in [2.24, 2.45) is 7.05 Å². The molecule has 25 heavy (non-hydrogen) atoms. The summed E-state index contributed by atoms with van der Waals surface area (Å²) in [5.41, 5.74) is 3.19. The lowest BCUT2D eigenvalue weighted by molar-refractivity contribution is 0.589. The molecular formula is C17H24N6O2. The molecule has 0 aliphatic carbocycles. The predicted octanol–water partition coefficient (Wildman–Crippen LogP) is 1.44. The van der Waals surface area contributed by atoms with Gasteiger partial charge in [0, 0.05) is 25.8 Å². The van der Waals surface area contributed by atoms with Crippen LogP contribution in [0.2, 0.25) is 0 Å². The van der Waals surface area contributed by atoms with Crippen LogP contribution in [0.1, 0.15) is 37.2 Å². The number of aromatic nitrogens is 6. The zero-order valence-electron chi connectivity index (χ0n) is 15.6. The number of fused-ring (bicyclic) bond motifs is 1. The number of nitrogens with zero attached hydrogens (tertiary/aromatic N) is 6. The largest absolute Gasteiger partial charge is 0.332 e. The third-order valence-corrected chi connectivity index (χ3v) is 4.82. The number of imidazole rings is 1. The van der Waals surface area contributed by atoms with Crippen LogP contribution in [0.25, 0.3) is 17.1 Å². The maximum atomic E-state index is 12.9. The third-order valence-electron chi connectivity index (χ3n) is 4.82. The highest BCUT2D eigenvalue weighted by Gasteiger charge is 2.22. The van der Waals surface area contributed by atoms with Gasteiger partial charge in [-0.15, -0.1) is 0 Å². The molecule has 0 atom stereocenters. The summed E-state index contributed by atoms with van der Waals surface area (Å²) in [7, 11) is 1.65. The van der Waals surface area contributed by atoms with Crippen LogP contribution < -0.4 is 11.2 Å². The van der Waals surface area contributed by atoms with Crippen LogP contribution in [-0.4, -0.2) is 28.5 Å². The van der Waals surface area contributed by atoms with Crippen molar-refractivity contribution in [1.29, 1.82) is 0 Å². The molecule has 3 aromatic heterocycles. The second kappa shape index (κ2) is 6.02. The van der Waals surface area contributed by atoms with E-state index in [1.165, 1.54) is 9.13 Å². The maximum Gasteiger partial charge on any atom is 0.332 e. The van der Waals surface area contributed by atoms with Gasteiger partial charge in [-0.25, -0.2) is 9.48 Å². The van der Waals surface area contributed by atoms with E-state index in [4.69, 9.17) is 0 Å². The molecule has 8 heteroatoms. The highest BCUT2D eigenvalue weighted by molar-refractivity contribution is 5.72. The molecule has 0 spiro atoms. The van der Waals surface area contributed by atoms with E-state index >= 15 is 0 Å². The van der Waals surface area contributed by atoms with E-state index in [0.717, 1.165) is 17.0 Å². The van der Waals surface area contributed by atoms with Gasteiger partial charge >= 0.3 is 5.69 Å². The van der Waals surface area contributed by atoms with E-state index in [1.807, 2.05) is 39.2 Å². The predicted molar refractivity (Wildman–Crippen MR) is 96.5 cm³/mol. The van der Waals surface area contributed by atoms with E-state index in [0.29, 0.717) is 36.6 Å². The maximum absolute atomic E-state index is 12.9. The summed E-state index contributed by atoms with van der Waals surface area (Å²) in [5.74, 6) is 0.563. The summed E-state index contributed by atoms with van der Waals surface area (Å²) in [5, 5.41) is 4.56. The van der Waals surface area contributed by atoms with E-state index in [9.17, 15) is 9.59 Å². The van der Waals surface area contributed by atoms with Crippen LogP contribution in [0.4, 0.5) is 0 Å². The van der Waals surface area contributed by atoms with Crippen molar-refractivity contribution in [3.63, 3.8) is 0 Å². The average molecular weight is 344 g/mol. The summed E-state index contributed by atoms with van der Waals surface area (Å²) < 4.78 is 6.32. The minimum Gasteiger partial charge on any atom is -0.303 e. The fourth-order valence-corrected chi connectivity index (χ4v) is 3.16. The molecule has 0 bridgehead atoms. The molecular weight excluding hydrogens is 320 g/mol. The average Bonchev–Trinajstić information content (AvgIpc) is 3.09. The molecule has 0 amide bonds. The first-order valence-electron chi connectivity index (χ1n) is 8.56. The molecule has 0 radical (unpaired) electrons. The second-order valence-electron chi connectivity index (χ2n) is 6.33. The molecule has 3 rings (SSSR count). The lowest BCUT2D eigenvalue weighted by Gasteiger charge is -2.09. The Kier molecular flexibility index (Phi) is 4.14. The highest BCUT2D eigenvalue weighted by Crippen LogP contribution is 2.19. The number of aryl methyl sites for hydroxylation is 3. The first kappa shape index (κ1) is 17.2. The Morgan fingerprint density at radius 2 is 1.72 bits per heavy atom. The molecule has 0 aliphatic rings. The van der Waals surface area contributed by atoms with Crippen molar-refractivity contribution in [3.05, 3.63) is 37.8 Å². The molecule has 0 aliphatic heterocycles. The summed E-state index contributed by atoms with van der Waals surface area (Å²) in [6.45, 7) is 10.8. The van der Waals surface area contributed by atoms with Gasteiger partial charge in [0.25, 0.3) is 5.56 Å². The Labute approximate surface area is 145 Å².